The number of rotatable bonds is 10. The fourth-order valence-corrected chi connectivity index (χ4v) is 3.83. The standard InChI is InChI=1S/C23H24N4O6S/c1-14(2)22(25-21(28)12-17-5-4-10-34-17)23(29)26-24-13-16-7-9-19(33-16)18-8-6-15(27(30)31)11-20(18)32-3/h4-11,13-14,22H,12H2,1-3H3,(H,25,28)(H,26,29)/b24-13-/t22-/m0/s1. The van der Waals surface area contributed by atoms with Crippen molar-refractivity contribution in [3.8, 4) is 17.1 Å². The van der Waals surface area contributed by atoms with E-state index in [0.29, 0.717) is 22.8 Å². The lowest BCUT2D eigenvalue weighted by atomic mass is 10.0. The Bertz CT molecular complexity index is 1190. The van der Waals surface area contributed by atoms with Crippen molar-refractivity contribution in [1.82, 2.24) is 10.7 Å². The molecule has 3 aromatic rings. The molecule has 0 fully saturated rings. The van der Waals surface area contributed by atoms with E-state index >= 15 is 0 Å². The second kappa shape index (κ2) is 11.2. The molecule has 0 saturated carbocycles. The van der Waals surface area contributed by atoms with E-state index in [1.54, 1.807) is 12.1 Å². The number of carbonyl (C=O) groups excluding carboxylic acids is 2. The number of hydrogen-bond donors (Lipinski definition) is 2. The Morgan fingerprint density at radius 1 is 1.26 bits per heavy atom. The molecule has 0 radical (unpaired) electrons. The van der Waals surface area contributed by atoms with Crippen molar-refractivity contribution in [3.05, 3.63) is 68.6 Å². The minimum Gasteiger partial charge on any atom is -0.496 e. The number of nitro groups is 1. The summed E-state index contributed by atoms with van der Waals surface area (Å²) in [5.74, 6) is 0.215. The van der Waals surface area contributed by atoms with Crippen LogP contribution < -0.4 is 15.5 Å². The highest BCUT2D eigenvalue weighted by molar-refractivity contribution is 7.10. The van der Waals surface area contributed by atoms with E-state index in [-0.39, 0.29) is 23.9 Å². The van der Waals surface area contributed by atoms with Crippen molar-refractivity contribution in [2.75, 3.05) is 7.11 Å². The Labute approximate surface area is 199 Å². The van der Waals surface area contributed by atoms with Crippen LogP contribution in [0.25, 0.3) is 11.3 Å². The van der Waals surface area contributed by atoms with Gasteiger partial charge >= 0.3 is 0 Å². The maximum atomic E-state index is 12.6. The van der Waals surface area contributed by atoms with Crippen LogP contribution in [-0.4, -0.2) is 36.1 Å². The third kappa shape index (κ3) is 6.29. The first-order valence-electron chi connectivity index (χ1n) is 10.4. The van der Waals surface area contributed by atoms with Crippen LogP contribution in [0.4, 0.5) is 5.69 Å². The molecule has 1 atom stereocenters. The number of amides is 2. The number of carbonyl (C=O) groups is 2. The van der Waals surface area contributed by atoms with Crippen LogP contribution in [0, 0.1) is 16.0 Å². The van der Waals surface area contributed by atoms with Crippen LogP contribution in [0.2, 0.25) is 0 Å². The van der Waals surface area contributed by atoms with Crippen molar-refractivity contribution >= 4 is 35.1 Å². The number of nitrogens with zero attached hydrogens (tertiary/aromatic N) is 2. The highest BCUT2D eigenvalue weighted by Gasteiger charge is 2.24. The van der Waals surface area contributed by atoms with Crippen LogP contribution in [0.3, 0.4) is 0 Å². The molecule has 1 aromatic carbocycles. The van der Waals surface area contributed by atoms with Gasteiger partial charge in [0.25, 0.3) is 11.6 Å². The Kier molecular flexibility index (Phi) is 8.14. The van der Waals surface area contributed by atoms with Gasteiger partial charge in [-0.2, -0.15) is 5.10 Å². The number of furan rings is 1. The SMILES string of the molecule is COc1cc([N+](=O)[O-])ccc1-c1ccc(/C=N\NC(=O)[C@@H](NC(=O)Cc2cccs2)C(C)C)o1. The predicted molar refractivity (Wildman–Crippen MR) is 128 cm³/mol. The maximum absolute atomic E-state index is 12.6. The summed E-state index contributed by atoms with van der Waals surface area (Å²) in [6.45, 7) is 3.66. The average Bonchev–Trinajstić information content (AvgIpc) is 3.49. The summed E-state index contributed by atoms with van der Waals surface area (Å²) in [5.41, 5.74) is 2.86. The van der Waals surface area contributed by atoms with Crippen LogP contribution in [0.1, 0.15) is 24.5 Å². The Morgan fingerprint density at radius 3 is 2.71 bits per heavy atom. The number of ether oxygens (including phenoxy) is 1. The molecule has 0 aliphatic rings. The van der Waals surface area contributed by atoms with Gasteiger partial charge in [-0.1, -0.05) is 19.9 Å². The van der Waals surface area contributed by atoms with E-state index in [4.69, 9.17) is 9.15 Å². The molecular weight excluding hydrogens is 460 g/mol. The number of benzene rings is 1. The molecule has 2 amide bonds. The van der Waals surface area contributed by atoms with Crippen LogP contribution in [-0.2, 0) is 16.0 Å². The Morgan fingerprint density at radius 2 is 2.06 bits per heavy atom. The number of methoxy groups -OCH3 is 1. The quantitative estimate of drug-likeness (QED) is 0.255. The van der Waals surface area contributed by atoms with E-state index < -0.39 is 16.9 Å². The smallest absolute Gasteiger partial charge is 0.273 e. The molecule has 178 valence electrons. The molecule has 10 nitrogen and oxygen atoms in total. The minimum atomic E-state index is -0.749. The van der Waals surface area contributed by atoms with Gasteiger partial charge in [0, 0.05) is 10.9 Å². The molecule has 2 heterocycles. The van der Waals surface area contributed by atoms with E-state index in [1.165, 1.54) is 42.9 Å². The summed E-state index contributed by atoms with van der Waals surface area (Å²) in [7, 11) is 1.41. The predicted octanol–water partition coefficient (Wildman–Crippen LogP) is 3.76. The van der Waals surface area contributed by atoms with Gasteiger partial charge in [-0.3, -0.25) is 19.7 Å². The number of hydrogen-bond acceptors (Lipinski definition) is 8. The molecule has 3 rings (SSSR count). The monoisotopic (exact) mass is 484 g/mol. The Balaban J connectivity index is 1.63. The van der Waals surface area contributed by atoms with Crippen molar-refractivity contribution < 1.29 is 23.7 Å². The van der Waals surface area contributed by atoms with Crippen molar-refractivity contribution in [3.63, 3.8) is 0 Å². The fourth-order valence-electron chi connectivity index (χ4n) is 3.12. The molecule has 2 N–H and O–H groups in total. The van der Waals surface area contributed by atoms with Crippen molar-refractivity contribution in [1.29, 1.82) is 0 Å². The highest BCUT2D eigenvalue weighted by Crippen LogP contribution is 2.34. The number of non-ortho nitro benzene ring substituents is 1. The molecule has 0 spiro atoms. The van der Waals surface area contributed by atoms with Gasteiger partial charge in [0.2, 0.25) is 5.91 Å². The topological polar surface area (TPSA) is 136 Å². The van der Waals surface area contributed by atoms with Crippen LogP contribution in [0.15, 0.2) is 57.4 Å². The second-order valence-electron chi connectivity index (χ2n) is 7.62. The zero-order chi connectivity index (χ0) is 24.7. The molecule has 11 heteroatoms. The summed E-state index contributed by atoms with van der Waals surface area (Å²) >= 11 is 1.48. The minimum absolute atomic E-state index is 0.0983. The molecule has 0 aliphatic heterocycles. The van der Waals surface area contributed by atoms with E-state index in [0.717, 1.165) is 4.88 Å². The third-order valence-corrected chi connectivity index (χ3v) is 5.71. The zero-order valence-electron chi connectivity index (χ0n) is 18.8. The first-order valence-corrected chi connectivity index (χ1v) is 11.2. The fraction of sp³-hybridized carbons (Fsp3) is 0.261. The molecule has 0 aliphatic carbocycles. The molecule has 2 aromatic heterocycles. The largest absolute Gasteiger partial charge is 0.496 e. The normalized spacial score (nSPS) is 12.0. The number of nitro benzene ring substituents is 1. The van der Waals surface area contributed by atoms with Crippen molar-refractivity contribution in [2.24, 2.45) is 11.0 Å². The zero-order valence-corrected chi connectivity index (χ0v) is 19.6. The lowest BCUT2D eigenvalue weighted by Gasteiger charge is -2.20. The summed E-state index contributed by atoms with van der Waals surface area (Å²) in [6.07, 6.45) is 1.53. The molecule has 0 saturated heterocycles. The molecule has 34 heavy (non-hydrogen) atoms. The lowest BCUT2D eigenvalue weighted by molar-refractivity contribution is -0.384. The van der Waals surface area contributed by atoms with E-state index in [9.17, 15) is 19.7 Å². The van der Waals surface area contributed by atoms with Crippen LogP contribution in [0.5, 0.6) is 5.75 Å². The highest BCUT2D eigenvalue weighted by atomic mass is 32.1. The van der Waals surface area contributed by atoms with Gasteiger partial charge < -0.3 is 14.5 Å². The van der Waals surface area contributed by atoms with Gasteiger partial charge in [0.05, 0.1) is 36.3 Å². The van der Waals surface area contributed by atoms with Gasteiger partial charge in [0.15, 0.2) is 0 Å². The maximum Gasteiger partial charge on any atom is 0.273 e. The lowest BCUT2D eigenvalue weighted by Crippen LogP contribution is -2.49. The first-order chi connectivity index (χ1) is 16.3. The first kappa shape index (κ1) is 24.6. The van der Waals surface area contributed by atoms with Gasteiger partial charge in [-0.05, 0) is 35.6 Å². The number of nitrogens with one attached hydrogen (secondary N) is 2. The average molecular weight is 485 g/mol. The van der Waals surface area contributed by atoms with E-state index in [1.807, 2.05) is 31.4 Å². The molecule has 0 bridgehead atoms. The third-order valence-electron chi connectivity index (χ3n) is 4.84. The molecular formula is C23H24N4O6S. The Hall–Kier alpha value is -3.99. The van der Waals surface area contributed by atoms with Crippen LogP contribution >= 0.6 is 11.3 Å². The van der Waals surface area contributed by atoms with Gasteiger partial charge in [-0.25, -0.2) is 5.43 Å². The van der Waals surface area contributed by atoms with E-state index in [2.05, 4.69) is 15.8 Å². The van der Waals surface area contributed by atoms with Crippen molar-refractivity contribution in [2.45, 2.75) is 26.3 Å². The molecule has 0 unspecified atom stereocenters. The number of thiophene rings is 1. The summed E-state index contributed by atoms with van der Waals surface area (Å²) in [6, 6.07) is 10.5. The number of hydrazone groups is 1. The summed E-state index contributed by atoms with van der Waals surface area (Å²) < 4.78 is 10.9. The van der Waals surface area contributed by atoms with Gasteiger partial charge in [0.1, 0.15) is 23.3 Å². The summed E-state index contributed by atoms with van der Waals surface area (Å²) in [5, 5.41) is 19.5. The second-order valence-corrected chi connectivity index (χ2v) is 8.66. The van der Waals surface area contributed by atoms with Gasteiger partial charge in [-0.15, -0.1) is 11.3 Å². The summed E-state index contributed by atoms with van der Waals surface area (Å²) in [4.78, 5) is 36.2.